The molecule has 0 aromatic heterocycles. The van der Waals surface area contributed by atoms with Gasteiger partial charge in [-0.1, -0.05) is 26.7 Å². The molecule has 0 aliphatic carbocycles. The number of carbonyl (C=O) groups excluding carboxylic acids is 1. The van der Waals surface area contributed by atoms with Crippen LogP contribution < -0.4 is 10.6 Å². The number of rotatable bonds is 6. The maximum atomic E-state index is 11.5. The van der Waals surface area contributed by atoms with E-state index in [-0.39, 0.29) is 11.9 Å². The van der Waals surface area contributed by atoms with E-state index in [1.165, 1.54) is 0 Å². The minimum atomic E-state index is -0.189. The van der Waals surface area contributed by atoms with E-state index in [1.807, 2.05) is 6.92 Å². The van der Waals surface area contributed by atoms with Crippen molar-refractivity contribution in [3.63, 3.8) is 0 Å². The zero-order valence-electron chi connectivity index (χ0n) is 10.1. The number of nitrogens with one attached hydrogen (secondary N) is 2. The summed E-state index contributed by atoms with van der Waals surface area (Å²) in [5.41, 5.74) is 0. The molecule has 2 unspecified atom stereocenters. The quantitative estimate of drug-likeness (QED) is 0.646. The fourth-order valence-corrected chi connectivity index (χ4v) is 1.47. The van der Waals surface area contributed by atoms with Crippen molar-refractivity contribution in [1.29, 1.82) is 0 Å². The van der Waals surface area contributed by atoms with Gasteiger partial charge in [-0.15, -0.1) is 6.42 Å². The molecule has 0 aromatic rings. The minimum Gasteiger partial charge on any atom is -0.344 e. The van der Waals surface area contributed by atoms with E-state index < -0.39 is 0 Å². The Hall–Kier alpha value is -1.01. The first-order valence-corrected chi connectivity index (χ1v) is 5.50. The van der Waals surface area contributed by atoms with Crippen molar-refractivity contribution in [2.75, 3.05) is 6.54 Å². The van der Waals surface area contributed by atoms with Crippen LogP contribution in [0, 0.1) is 18.3 Å². The molecule has 0 radical (unpaired) electrons. The van der Waals surface area contributed by atoms with Gasteiger partial charge in [-0.3, -0.25) is 4.79 Å². The fraction of sp³-hybridized carbons (Fsp3) is 0.750. The summed E-state index contributed by atoms with van der Waals surface area (Å²) in [6.45, 7) is 8.56. The van der Waals surface area contributed by atoms with Gasteiger partial charge in [0.25, 0.3) is 0 Å². The molecule has 3 heteroatoms. The van der Waals surface area contributed by atoms with Crippen LogP contribution in [0.2, 0.25) is 0 Å². The van der Waals surface area contributed by atoms with Gasteiger partial charge < -0.3 is 10.6 Å². The lowest BCUT2D eigenvalue weighted by Crippen LogP contribution is -2.48. The van der Waals surface area contributed by atoms with Crippen LogP contribution in [0.5, 0.6) is 0 Å². The standard InChI is InChI=1S/C12H22N2O/c1-6-8-13-12(15)10(5)14-11(7-2)9(3)4/h1,9-11,14H,7-8H2,2-5H3,(H,13,15). The minimum absolute atomic E-state index is 0.0351. The van der Waals surface area contributed by atoms with E-state index >= 15 is 0 Å². The molecule has 1 amide bonds. The van der Waals surface area contributed by atoms with Gasteiger partial charge in [0.2, 0.25) is 5.91 Å². The van der Waals surface area contributed by atoms with Crippen LogP contribution in [-0.2, 0) is 4.79 Å². The highest BCUT2D eigenvalue weighted by Gasteiger charge is 2.18. The average molecular weight is 210 g/mol. The third-order valence-corrected chi connectivity index (χ3v) is 2.47. The first-order valence-electron chi connectivity index (χ1n) is 5.50. The van der Waals surface area contributed by atoms with Crippen molar-refractivity contribution in [2.45, 2.75) is 46.2 Å². The van der Waals surface area contributed by atoms with Crippen LogP contribution in [0.15, 0.2) is 0 Å². The van der Waals surface area contributed by atoms with Crippen LogP contribution in [-0.4, -0.2) is 24.5 Å². The Morgan fingerprint density at radius 1 is 1.40 bits per heavy atom. The Labute approximate surface area is 93.0 Å². The third kappa shape index (κ3) is 5.44. The molecule has 2 N–H and O–H groups in total. The Morgan fingerprint density at radius 2 is 2.00 bits per heavy atom. The van der Waals surface area contributed by atoms with Crippen LogP contribution in [0.1, 0.15) is 34.1 Å². The molecule has 0 heterocycles. The number of amides is 1. The second-order valence-corrected chi connectivity index (χ2v) is 4.07. The van der Waals surface area contributed by atoms with Gasteiger partial charge in [0, 0.05) is 6.04 Å². The van der Waals surface area contributed by atoms with Gasteiger partial charge in [-0.25, -0.2) is 0 Å². The van der Waals surface area contributed by atoms with Gasteiger partial charge in [0.15, 0.2) is 0 Å². The van der Waals surface area contributed by atoms with Crippen molar-refractivity contribution in [3.8, 4) is 12.3 Å². The second kappa shape index (κ2) is 7.30. The molecule has 0 aliphatic heterocycles. The van der Waals surface area contributed by atoms with E-state index in [1.54, 1.807) is 0 Å². The van der Waals surface area contributed by atoms with Crippen LogP contribution >= 0.6 is 0 Å². The highest BCUT2D eigenvalue weighted by molar-refractivity contribution is 5.81. The molecule has 0 saturated carbocycles. The Kier molecular flexibility index (Phi) is 6.81. The molecule has 0 fully saturated rings. The SMILES string of the molecule is C#CCNC(=O)C(C)NC(CC)C(C)C. The Balaban J connectivity index is 4.05. The number of terminal acetylenes is 1. The molecule has 0 bridgehead atoms. The van der Waals surface area contributed by atoms with Gasteiger partial charge >= 0.3 is 0 Å². The van der Waals surface area contributed by atoms with Crippen molar-refractivity contribution in [1.82, 2.24) is 10.6 Å². The van der Waals surface area contributed by atoms with Crippen LogP contribution in [0.3, 0.4) is 0 Å². The molecular formula is C12H22N2O. The monoisotopic (exact) mass is 210 g/mol. The largest absolute Gasteiger partial charge is 0.344 e. The van der Waals surface area contributed by atoms with Crippen molar-refractivity contribution < 1.29 is 4.79 Å². The maximum Gasteiger partial charge on any atom is 0.237 e. The summed E-state index contributed by atoms with van der Waals surface area (Å²) in [7, 11) is 0. The Bertz CT molecular complexity index is 230. The zero-order chi connectivity index (χ0) is 11.8. The van der Waals surface area contributed by atoms with E-state index in [4.69, 9.17) is 6.42 Å². The van der Waals surface area contributed by atoms with Crippen LogP contribution in [0.4, 0.5) is 0 Å². The number of carbonyl (C=O) groups is 1. The molecular weight excluding hydrogens is 188 g/mol. The number of hydrogen-bond donors (Lipinski definition) is 2. The lowest BCUT2D eigenvalue weighted by Gasteiger charge is -2.24. The van der Waals surface area contributed by atoms with Crippen molar-refractivity contribution in [3.05, 3.63) is 0 Å². The average Bonchev–Trinajstić information content (AvgIpc) is 2.21. The lowest BCUT2D eigenvalue weighted by molar-refractivity contribution is -0.122. The van der Waals surface area contributed by atoms with Gasteiger partial charge in [-0.2, -0.15) is 0 Å². The van der Waals surface area contributed by atoms with E-state index in [0.29, 0.717) is 18.5 Å². The number of hydrogen-bond acceptors (Lipinski definition) is 2. The summed E-state index contributed by atoms with van der Waals surface area (Å²) < 4.78 is 0. The summed E-state index contributed by atoms with van der Waals surface area (Å²) in [6, 6.07) is 0.183. The van der Waals surface area contributed by atoms with Crippen molar-refractivity contribution >= 4 is 5.91 Å². The normalized spacial score (nSPS) is 14.4. The zero-order valence-corrected chi connectivity index (χ0v) is 10.1. The molecule has 0 saturated heterocycles. The lowest BCUT2D eigenvalue weighted by atomic mass is 10.0. The topological polar surface area (TPSA) is 41.1 Å². The van der Waals surface area contributed by atoms with Crippen LogP contribution in [0.25, 0.3) is 0 Å². The molecule has 0 aliphatic rings. The van der Waals surface area contributed by atoms with Gasteiger partial charge in [0.1, 0.15) is 0 Å². The van der Waals surface area contributed by atoms with E-state index in [9.17, 15) is 4.79 Å². The van der Waals surface area contributed by atoms with E-state index in [0.717, 1.165) is 6.42 Å². The summed E-state index contributed by atoms with van der Waals surface area (Å²) in [4.78, 5) is 11.5. The fourth-order valence-electron chi connectivity index (χ4n) is 1.47. The van der Waals surface area contributed by atoms with Gasteiger partial charge in [-0.05, 0) is 19.3 Å². The maximum absolute atomic E-state index is 11.5. The second-order valence-electron chi connectivity index (χ2n) is 4.07. The highest BCUT2D eigenvalue weighted by Crippen LogP contribution is 2.06. The summed E-state index contributed by atoms with van der Waals surface area (Å²) in [5.74, 6) is 2.87. The smallest absolute Gasteiger partial charge is 0.237 e. The summed E-state index contributed by atoms with van der Waals surface area (Å²) in [6.07, 6.45) is 6.09. The Morgan fingerprint density at radius 3 is 2.40 bits per heavy atom. The predicted molar refractivity (Wildman–Crippen MR) is 63.4 cm³/mol. The molecule has 15 heavy (non-hydrogen) atoms. The first-order chi connectivity index (χ1) is 7.02. The molecule has 2 atom stereocenters. The molecule has 0 spiro atoms. The third-order valence-electron chi connectivity index (χ3n) is 2.47. The molecule has 3 nitrogen and oxygen atoms in total. The summed E-state index contributed by atoms with van der Waals surface area (Å²) >= 11 is 0. The summed E-state index contributed by atoms with van der Waals surface area (Å²) in [5, 5.41) is 5.96. The molecule has 0 rings (SSSR count). The highest BCUT2D eigenvalue weighted by atomic mass is 16.2. The molecule has 0 aromatic carbocycles. The molecule has 86 valence electrons. The predicted octanol–water partition coefficient (Wildman–Crippen LogP) is 1.15. The van der Waals surface area contributed by atoms with E-state index in [2.05, 4.69) is 37.3 Å². The first kappa shape index (κ1) is 14.0. The van der Waals surface area contributed by atoms with Gasteiger partial charge in [0.05, 0.1) is 12.6 Å². The van der Waals surface area contributed by atoms with Crippen molar-refractivity contribution in [2.24, 2.45) is 5.92 Å².